The van der Waals surface area contributed by atoms with Gasteiger partial charge in [-0.25, -0.2) is 0 Å². The van der Waals surface area contributed by atoms with Gasteiger partial charge < -0.3 is 19.9 Å². The molecule has 0 radical (unpaired) electrons. The van der Waals surface area contributed by atoms with E-state index in [2.05, 4.69) is 5.32 Å². The Hall–Kier alpha value is -2.52. The van der Waals surface area contributed by atoms with Crippen molar-refractivity contribution in [3.63, 3.8) is 0 Å². The second-order valence-corrected chi connectivity index (χ2v) is 7.18. The van der Waals surface area contributed by atoms with Gasteiger partial charge in [0.2, 0.25) is 0 Å². The number of ether oxygens (including phenoxy) is 1. The van der Waals surface area contributed by atoms with Crippen molar-refractivity contribution in [1.29, 1.82) is 0 Å². The lowest BCUT2D eigenvalue weighted by molar-refractivity contribution is -0.384. The molecule has 2 heterocycles. The number of rotatable bonds is 5. The number of nitrogens with zero attached hydrogens (tertiary/aromatic N) is 3. The SMILES string of the molecule is CCCN1C(=S)N[C@H](c2cccc([N+](=O)[O-])c2)C(C(=O)N2CCOCC2)=C1C. The molecule has 9 heteroatoms. The second-order valence-electron chi connectivity index (χ2n) is 6.79. The maximum absolute atomic E-state index is 13.4. The highest BCUT2D eigenvalue weighted by Gasteiger charge is 2.36. The lowest BCUT2D eigenvalue weighted by atomic mass is 9.93. The number of hydrogen-bond donors (Lipinski definition) is 1. The number of nitro benzene ring substituents is 1. The van der Waals surface area contributed by atoms with E-state index in [1.165, 1.54) is 12.1 Å². The molecule has 1 aromatic carbocycles. The van der Waals surface area contributed by atoms with Crippen molar-refractivity contribution in [2.75, 3.05) is 32.8 Å². The summed E-state index contributed by atoms with van der Waals surface area (Å²) < 4.78 is 5.36. The molecule has 0 saturated carbocycles. The van der Waals surface area contributed by atoms with Crippen LogP contribution in [0.2, 0.25) is 0 Å². The summed E-state index contributed by atoms with van der Waals surface area (Å²) in [6, 6.07) is 5.81. The van der Waals surface area contributed by atoms with Crippen LogP contribution in [0, 0.1) is 10.1 Å². The number of nitrogens with one attached hydrogen (secondary N) is 1. The number of allylic oxidation sites excluding steroid dienone is 1. The molecule has 1 saturated heterocycles. The van der Waals surface area contributed by atoms with Gasteiger partial charge in [0.15, 0.2) is 5.11 Å². The molecule has 1 fully saturated rings. The first-order valence-corrected chi connectivity index (χ1v) is 9.75. The minimum atomic E-state index is -0.532. The van der Waals surface area contributed by atoms with E-state index < -0.39 is 11.0 Å². The Labute approximate surface area is 169 Å². The molecule has 1 aromatic rings. The van der Waals surface area contributed by atoms with Crippen LogP contribution in [0.3, 0.4) is 0 Å². The Morgan fingerprint density at radius 2 is 2.11 bits per heavy atom. The molecule has 2 aliphatic rings. The van der Waals surface area contributed by atoms with E-state index >= 15 is 0 Å². The van der Waals surface area contributed by atoms with E-state index in [1.54, 1.807) is 17.0 Å². The van der Waals surface area contributed by atoms with Gasteiger partial charge in [0.1, 0.15) is 0 Å². The van der Waals surface area contributed by atoms with Crippen LogP contribution in [0.1, 0.15) is 31.9 Å². The second kappa shape index (κ2) is 8.66. The fourth-order valence-electron chi connectivity index (χ4n) is 3.56. The summed E-state index contributed by atoms with van der Waals surface area (Å²) in [6.45, 7) is 6.69. The van der Waals surface area contributed by atoms with Gasteiger partial charge in [0.05, 0.1) is 29.8 Å². The first kappa shape index (κ1) is 20.2. The van der Waals surface area contributed by atoms with Crippen LogP contribution in [-0.4, -0.2) is 58.6 Å². The van der Waals surface area contributed by atoms with Crippen molar-refractivity contribution in [2.24, 2.45) is 0 Å². The molecule has 1 N–H and O–H groups in total. The average Bonchev–Trinajstić information content (AvgIpc) is 2.71. The predicted molar refractivity (Wildman–Crippen MR) is 109 cm³/mol. The molecule has 8 nitrogen and oxygen atoms in total. The number of non-ortho nitro benzene ring substituents is 1. The van der Waals surface area contributed by atoms with Crippen molar-refractivity contribution in [3.8, 4) is 0 Å². The number of nitro groups is 1. The normalized spacial score (nSPS) is 20.2. The summed E-state index contributed by atoms with van der Waals surface area (Å²) in [5.41, 5.74) is 1.99. The molecular weight excluding hydrogens is 380 g/mol. The predicted octanol–water partition coefficient (Wildman–Crippen LogP) is 2.37. The van der Waals surface area contributed by atoms with Crippen molar-refractivity contribution < 1.29 is 14.5 Å². The maximum Gasteiger partial charge on any atom is 0.269 e. The Morgan fingerprint density at radius 3 is 2.75 bits per heavy atom. The molecule has 3 rings (SSSR count). The standard InChI is InChI=1S/C19H24N4O4S/c1-3-7-22-13(2)16(18(24)21-8-10-27-11-9-21)17(20-19(22)28)14-5-4-6-15(12-14)23(25)26/h4-6,12,17H,3,7-11H2,1-2H3,(H,20,28)/t17-/m1/s1. The zero-order chi connectivity index (χ0) is 20.3. The Kier molecular flexibility index (Phi) is 6.25. The van der Waals surface area contributed by atoms with Gasteiger partial charge >= 0.3 is 0 Å². The summed E-state index contributed by atoms with van der Waals surface area (Å²) >= 11 is 5.53. The largest absolute Gasteiger partial charge is 0.378 e. The molecule has 1 atom stereocenters. The monoisotopic (exact) mass is 404 g/mol. The van der Waals surface area contributed by atoms with Crippen molar-refractivity contribution in [1.82, 2.24) is 15.1 Å². The third-order valence-electron chi connectivity index (χ3n) is 4.99. The topological polar surface area (TPSA) is 87.9 Å². The number of benzene rings is 1. The molecule has 0 aromatic heterocycles. The molecule has 150 valence electrons. The third kappa shape index (κ3) is 4.00. The van der Waals surface area contributed by atoms with Gasteiger partial charge in [-0.3, -0.25) is 14.9 Å². The van der Waals surface area contributed by atoms with Gasteiger partial charge in [0.25, 0.3) is 11.6 Å². The lowest BCUT2D eigenvalue weighted by Gasteiger charge is -2.39. The van der Waals surface area contributed by atoms with E-state index in [0.717, 1.165) is 12.1 Å². The van der Waals surface area contributed by atoms with Crippen LogP contribution in [-0.2, 0) is 9.53 Å². The van der Waals surface area contributed by atoms with Crippen molar-refractivity contribution >= 4 is 28.9 Å². The fourth-order valence-corrected chi connectivity index (χ4v) is 3.90. The molecule has 0 aliphatic carbocycles. The molecule has 0 unspecified atom stereocenters. The van der Waals surface area contributed by atoms with Crippen LogP contribution in [0.4, 0.5) is 5.69 Å². The maximum atomic E-state index is 13.4. The summed E-state index contributed by atoms with van der Waals surface area (Å²) in [5.74, 6) is -0.0894. The van der Waals surface area contributed by atoms with E-state index in [0.29, 0.717) is 49.1 Å². The Balaban J connectivity index is 2.05. The van der Waals surface area contributed by atoms with E-state index in [9.17, 15) is 14.9 Å². The summed E-state index contributed by atoms with van der Waals surface area (Å²) in [7, 11) is 0. The zero-order valence-corrected chi connectivity index (χ0v) is 16.8. The van der Waals surface area contributed by atoms with Gasteiger partial charge in [-0.05, 0) is 31.1 Å². The van der Waals surface area contributed by atoms with Gasteiger partial charge in [0, 0.05) is 37.5 Å². The van der Waals surface area contributed by atoms with Crippen molar-refractivity contribution in [2.45, 2.75) is 26.3 Å². The van der Waals surface area contributed by atoms with E-state index in [1.807, 2.05) is 18.7 Å². The molecule has 0 spiro atoms. The molecule has 0 bridgehead atoms. The third-order valence-corrected chi connectivity index (χ3v) is 5.32. The number of thiocarbonyl (C=S) groups is 1. The number of carbonyl (C=O) groups excluding carboxylic acids is 1. The average molecular weight is 404 g/mol. The van der Waals surface area contributed by atoms with Crippen LogP contribution >= 0.6 is 12.2 Å². The van der Waals surface area contributed by atoms with Crippen LogP contribution in [0.15, 0.2) is 35.5 Å². The number of amides is 1. The van der Waals surface area contributed by atoms with E-state index in [4.69, 9.17) is 17.0 Å². The van der Waals surface area contributed by atoms with E-state index in [-0.39, 0.29) is 11.6 Å². The summed E-state index contributed by atoms with van der Waals surface area (Å²) in [5, 5.41) is 15.0. The number of morpholine rings is 1. The first-order chi connectivity index (χ1) is 13.4. The van der Waals surface area contributed by atoms with Gasteiger partial charge in [-0.15, -0.1) is 0 Å². The molecule has 1 amide bonds. The van der Waals surface area contributed by atoms with Crippen LogP contribution in [0.25, 0.3) is 0 Å². The van der Waals surface area contributed by atoms with Crippen molar-refractivity contribution in [3.05, 3.63) is 51.2 Å². The molecular formula is C19H24N4O4S. The van der Waals surface area contributed by atoms with Gasteiger partial charge in [-0.2, -0.15) is 0 Å². The fraction of sp³-hybridized carbons (Fsp3) is 0.474. The highest BCUT2D eigenvalue weighted by molar-refractivity contribution is 7.80. The van der Waals surface area contributed by atoms with Gasteiger partial charge in [-0.1, -0.05) is 19.1 Å². The highest BCUT2D eigenvalue weighted by Crippen LogP contribution is 2.33. The number of hydrogen-bond acceptors (Lipinski definition) is 5. The first-order valence-electron chi connectivity index (χ1n) is 9.34. The molecule has 2 aliphatic heterocycles. The minimum absolute atomic E-state index is 0.0166. The minimum Gasteiger partial charge on any atom is -0.378 e. The molecule has 28 heavy (non-hydrogen) atoms. The van der Waals surface area contributed by atoms with Crippen LogP contribution < -0.4 is 5.32 Å². The smallest absolute Gasteiger partial charge is 0.269 e. The van der Waals surface area contributed by atoms with Crippen LogP contribution in [0.5, 0.6) is 0 Å². The number of carbonyl (C=O) groups is 1. The Bertz CT molecular complexity index is 820. The Morgan fingerprint density at radius 1 is 1.39 bits per heavy atom. The quantitative estimate of drug-likeness (QED) is 0.458. The summed E-state index contributed by atoms with van der Waals surface area (Å²) in [6.07, 6.45) is 0.875. The zero-order valence-electron chi connectivity index (χ0n) is 16.0. The lowest BCUT2D eigenvalue weighted by Crippen LogP contribution is -2.51. The summed E-state index contributed by atoms with van der Waals surface area (Å²) in [4.78, 5) is 27.9. The highest BCUT2D eigenvalue weighted by atomic mass is 32.1.